The Bertz CT molecular complexity index is 258. The van der Waals surface area contributed by atoms with E-state index < -0.39 is 6.29 Å². The summed E-state index contributed by atoms with van der Waals surface area (Å²) in [5.74, 6) is 0. The van der Waals surface area contributed by atoms with E-state index in [9.17, 15) is 5.11 Å². The Morgan fingerprint density at radius 1 is 0.640 bits per heavy atom. The first-order valence-corrected chi connectivity index (χ1v) is 10.8. The summed E-state index contributed by atoms with van der Waals surface area (Å²) in [6.45, 7) is 8.43. The molecule has 0 amide bonds. The van der Waals surface area contributed by atoms with Crippen molar-refractivity contribution in [3.05, 3.63) is 0 Å². The molecule has 0 bridgehead atoms. The molecule has 4 heteroatoms. The van der Waals surface area contributed by atoms with E-state index in [1.54, 1.807) is 0 Å². The molecule has 4 nitrogen and oxygen atoms in total. The maximum absolute atomic E-state index is 9.90. The van der Waals surface area contributed by atoms with E-state index in [1.807, 2.05) is 13.8 Å². The van der Waals surface area contributed by atoms with Crippen LogP contribution in [0.1, 0.15) is 118 Å². The van der Waals surface area contributed by atoms with E-state index in [4.69, 9.17) is 14.5 Å². The van der Waals surface area contributed by atoms with Gasteiger partial charge in [0.25, 0.3) is 0 Å². The molecule has 0 fully saturated rings. The summed E-state index contributed by atoms with van der Waals surface area (Å²) in [4.78, 5) is 10.5. The van der Waals surface area contributed by atoms with Crippen LogP contribution in [0.4, 0.5) is 0 Å². The number of aliphatic hydroxyl groups is 1. The van der Waals surface area contributed by atoms with Crippen molar-refractivity contribution >= 4 is 0 Å². The first-order valence-electron chi connectivity index (χ1n) is 10.8. The van der Waals surface area contributed by atoms with Gasteiger partial charge < -0.3 is 9.84 Å². The fourth-order valence-corrected chi connectivity index (χ4v) is 2.81. The number of ether oxygens (including phenoxy) is 1. The Kier molecular flexibility index (Phi) is 18.5. The molecular formula is C21H44O4. The molecule has 0 spiro atoms. The van der Waals surface area contributed by atoms with Crippen molar-refractivity contribution in [1.29, 1.82) is 0 Å². The highest BCUT2D eigenvalue weighted by Gasteiger charge is 2.15. The van der Waals surface area contributed by atoms with Crippen LogP contribution in [0.25, 0.3) is 0 Å². The van der Waals surface area contributed by atoms with E-state index in [2.05, 4.69) is 13.8 Å². The topological polar surface area (TPSA) is 47.9 Å². The molecule has 0 aromatic rings. The first-order chi connectivity index (χ1) is 12.1. The van der Waals surface area contributed by atoms with Gasteiger partial charge in [0.1, 0.15) is 0 Å². The summed E-state index contributed by atoms with van der Waals surface area (Å²) in [5, 5.41) is 9.90. The van der Waals surface area contributed by atoms with Gasteiger partial charge in [-0.25, -0.2) is 9.78 Å². The second-order valence-electron chi connectivity index (χ2n) is 7.37. The van der Waals surface area contributed by atoms with E-state index in [-0.39, 0.29) is 12.4 Å². The fraction of sp³-hybridized carbons (Fsp3) is 1.00. The minimum Gasteiger partial charge on any atom is -0.366 e. The minimum absolute atomic E-state index is 0.0874. The van der Waals surface area contributed by atoms with Crippen LogP contribution in [0.15, 0.2) is 0 Å². The normalized spacial score (nSPS) is 14.2. The van der Waals surface area contributed by atoms with Gasteiger partial charge in [-0.15, -0.1) is 0 Å². The highest BCUT2D eigenvalue weighted by Crippen LogP contribution is 2.15. The molecule has 0 saturated carbocycles. The monoisotopic (exact) mass is 360 g/mol. The quantitative estimate of drug-likeness (QED) is 0.123. The predicted molar refractivity (Wildman–Crippen MR) is 104 cm³/mol. The molecule has 152 valence electrons. The largest absolute Gasteiger partial charge is 0.366 e. The van der Waals surface area contributed by atoms with Crippen molar-refractivity contribution in [2.75, 3.05) is 0 Å². The average molecular weight is 361 g/mol. The fourth-order valence-electron chi connectivity index (χ4n) is 2.81. The highest BCUT2D eigenvalue weighted by atomic mass is 17.2. The van der Waals surface area contributed by atoms with Crippen LogP contribution < -0.4 is 0 Å². The Morgan fingerprint density at radius 2 is 1.12 bits per heavy atom. The van der Waals surface area contributed by atoms with Crippen LogP contribution >= 0.6 is 0 Å². The number of hydrogen-bond donors (Lipinski definition) is 1. The predicted octanol–water partition coefficient (Wildman–Crippen LogP) is 6.51. The van der Waals surface area contributed by atoms with Crippen LogP contribution in [0.2, 0.25) is 0 Å². The van der Waals surface area contributed by atoms with Crippen molar-refractivity contribution in [3.63, 3.8) is 0 Å². The zero-order valence-corrected chi connectivity index (χ0v) is 17.3. The molecule has 0 heterocycles. The summed E-state index contributed by atoms with van der Waals surface area (Å²) in [6, 6.07) is 0. The first kappa shape index (κ1) is 24.8. The molecule has 1 N–H and O–H groups in total. The van der Waals surface area contributed by atoms with Gasteiger partial charge in [0.15, 0.2) is 12.6 Å². The van der Waals surface area contributed by atoms with Gasteiger partial charge in [0.2, 0.25) is 0 Å². The minimum atomic E-state index is -0.853. The molecular weight excluding hydrogens is 316 g/mol. The van der Waals surface area contributed by atoms with Crippen molar-refractivity contribution in [2.24, 2.45) is 0 Å². The van der Waals surface area contributed by atoms with E-state index in [0.29, 0.717) is 6.42 Å². The van der Waals surface area contributed by atoms with Crippen LogP contribution in [0.5, 0.6) is 0 Å². The Morgan fingerprint density at radius 3 is 1.64 bits per heavy atom. The molecule has 0 aliphatic heterocycles. The summed E-state index contributed by atoms with van der Waals surface area (Å²) in [7, 11) is 0. The average Bonchev–Trinajstić information content (AvgIpc) is 2.58. The van der Waals surface area contributed by atoms with Gasteiger partial charge in [0.05, 0.1) is 6.10 Å². The van der Waals surface area contributed by atoms with Gasteiger partial charge in [-0.05, 0) is 26.7 Å². The van der Waals surface area contributed by atoms with Crippen LogP contribution in [-0.4, -0.2) is 23.8 Å². The number of hydrogen-bond acceptors (Lipinski definition) is 4. The third-order valence-electron chi connectivity index (χ3n) is 4.30. The lowest BCUT2D eigenvalue weighted by Crippen LogP contribution is -2.24. The zero-order valence-electron chi connectivity index (χ0n) is 17.3. The lowest BCUT2D eigenvalue weighted by Gasteiger charge is -2.21. The van der Waals surface area contributed by atoms with Gasteiger partial charge in [-0.3, -0.25) is 0 Å². The second kappa shape index (κ2) is 18.6. The lowest BCUT2D eigenvalue weighted by atomic mass is 10.1. The Hall–Kier alpha value is -0.160. The van der Waals surface area contributed by atoms with Crippen LogP contribution in [0.3, 0.4) is 0 Å². The summed E-state index contributed by atoms with van der Waals surface area (Å²) < 4.78 is 5.74. The molecule has 2 unspecified atom stereocenters. The highest BCUT2D eigenvalue weighted by molar-refractivity contribution is 4.51. The molecule has 2 atom stereocenters. The molecule has 0 rings (SSSR count). The van der Waals surface area contributed by atoms with E-state index >= 15 is 0 Å². The van der Waals surface area contributed by atoms with Crippen LogP contribution in [0, 0.1) is 0 Å². The SMILES string of the molecule is CCCCCCCCC(O)OOC(CCCCCCCC)OC(C)C. The zero-order chi connectivity index (χ0) is 18.8. The summed E-state index contributed by atoms with van der Waals surface area (Å²) >= 11 is 0. The van der Waals surface area contributed by atoms with E-state index in [1.165, 1.54) is 57.8 Å². The molecule has 0 radical (unpaired) electrons. The maximum Gasteiger partial charge on any atom is 0.191 e. The van der Waals surface area contributed by atoms with E-state index in [0.717, 1.165) is 25.7 Å². The summed E-state index contributed by atoms with van der Waals surface area (Å²) in [5.41, 5.74) is 0. The van der Waals surface area contributed by atoms with Crippen molar-refractivity contribution in [2.45, 2.75) is 136 Å². The van der Waals surface area contributed by atoms with Gasteiger partial charge in [-0.1, -0.05) is 78.1 Å². The smallest absolute Gasteiger partial charge is 0.191 e. The van der Waals surface area contributed by atoms with Crippen molar-refractivity contribution in [3.8, 4) is 0 Å². The standard InChI is InChI=1S/C21H44O4/c1-5-7-9-11-13-15-17-20(22)24-25-21(23-19(3)4)18-16-14-12-10-8-6-2/h19-22H,5-18H2,1-4H3. The second-order valence-corrected chi connectivity index (χ2v) is 7.37. The Balaban J connectivity index is 3.77. The third-order valence-corrected chi connectivity index (χ3v) is 4.30. The number of aliphatic hydroxyl groups excluding tert-OH is 1. The molecule has 0 aliphatic carbocycles. The van der Waals surface area contributed by atoms with Gasteiger partial charge in [0, 0.05) is 12.8 Å². The Labute approximate surface area is 156 Å². The van der Waals surface area contributed by atoms with Crippen LogP contribution in [-0.2, 0) is 14.5 Å². The number of unbranched alkanes of at least 4 members (excludes halogenated alkanes) is 10. The molecule has 0 aromatic heterocycles. The van der Waals surface area contributed by atoms with Gasteiger partial charge >= 0.3 is 0 Å². The molecule has 0 saturated heterocycles. The number of rotatable bonds is 19. The molecule has 0 aliphatic rings. The van der Waals surface area contributed by atoms with Crippen molar-refractivity contribution in [1.82, 2.24) is 0 Å². The van der Waals surface area contributed by atoms with Gasteiger partial charge in [-0.2, -0.15) is 0 Å². The maximum atomic E-state index is 9.90. The summed E-state index contributed by atoms with van der Waals surface area (Å²) in [6.07, 6.45) is 14.9. The molecule has 0 aromatic carbocycles. The molecule has 25 heavy (non-hydrogen) atoms. The lowest BCUT2D eigenvalue weighted by molar-refractivity contribution is -0.433. The van der Waals surface area contributed by atoms with Crippen molar-refractivity contribution < 1.29 is 19.6 Å². The third kappa shape index (κ3) is 18.4.